The van der Waals surface area contributed by atoms with E-state index < -0.39 is 0 Å². The number of likely N-dealkylation sites (tertiary alicyclic amines) is 1. The average molecular weight is 354 g/mol. The van der Waals surface area contributed by atoms with E-state index in [1.807, 2.05) is 33.8 Å². The summed E-state index contributed by atoms with van der Waals surface area (Å²) in [5.74, 6) is 0.866. The van der Waals surface area contributed by atoms with Gasteiger partial charge in [-0.2, -0.15) is 5.10 Å². The number of rotatable bonds is 6. The number of aryl methyl sites for hydroxylation is 1. The minimum absolute atomic E-state index is 0.0993. The fraction of sp³-hybridized carbons (Fsp3) is 0.450. The smallest absolute Gasteiger partial charge is 0.222 e. The summed E-state index contributed by atoms with van der Waals surface area (Å²) >= 11 is 0. The van der Waals surface area contributed by atoms with Gasteiger partial charge in [-0.3, -0.25) is 9.59 Å². The van der Waals surface area contributed by atoms with Crippen molar-refractivity contribution in [3.63, 3.8) is 0 Å². The lowest BCUT2D eigenvalue weighted by atomic mass is 10.0. The van der Waals surface area contributed by atoms with E-state index in [0.717, 1.165) is 44.6 Å². The molecule has 0 radical (unpaired) electrons. The van der Waals surface area contributed by atoms with E-state index in [1.54, 1.807) is 6.20 Å². The molecule has 1 aliphatic rings. The Morgan fingerprint density at radius 2 is 1.88 bits per heavy atom. The number of carbonyl (C=O) groups excluding carboxylic acids is 2. The second-order valence-corrected chi connectivity index (χ2v) is 6.79. The second kappa shape index (κ2) is 8.65. The monoisotopic (exact) mass is 354 g/mol. The van der Waals surface area contributed by atoms with Crippen LogP contribution in [0.3, 0.4) is 0 Å². The SMILES string of the molecule is CC(=O)Nc1ccnn1C1CCN(C(=O)CCCc2ccccc2)CC1. The topological polar surface area (TPSA) is 67.2 Å². The summed E-state index contributed by atoms with van der Waals surface area (Å²) in [5.41, 5.74) is 1.28. The molecule has 0 unspecified atom stereocenters. The number of carbonyl (C=O) groups is 2. The van der Waals surface area contributed by atoms with Crippen molar-refractivity contribution in [2.75, 3.05) is 18.4 Å². The molecule has 1 fully saturated rings. The standard InChI is InChI=1S/C20H26N4O2/c1-16(25)22-19-10-13-21-24(19)18-11-14-23(15-12-18)20(26)9-5-8-17-6-3-2-4-7-17/h2-4,6-7,10,13,18H,5,8-9,11-12,14-15H2,1H3,(H,22,25). The number of piperidine rings is 1. The molecule has 2 heterocycles. The summed E-state index contributed by atoms with van der Waals surface area (Å²) < 4.78 is 1.87. The highest BCUT2D eigenvalue weighted by atomic mass is 16.2. The minimum Gasteiger partial charge on any atom is -0.343 e. The van der Waals surface area contributed by atoms with Crippen molar-refractivity contribution in [2.24, 2.45) is 0 Å². The van der Waals surface area contributed by atoms with E-state index >= 15 is 0 Å². The molecular weight excluding hydrogens is 328 g/mol. The highest BCUT2D eigenvalue weighted by Gasteiger charge is 2.25. The van der Waals surface area contributed by atoms with Crippen molar-refractivity contribution < 1.29 is 9.59 Å². The number of benzene rings is 1. The zero-order valence-electron chi connectivity index (χ0n) is 15.2. The van der Waals surface area contributed by atoms with E-state index in [0.29, 0.717) is 6.42 Å². The third-order valence-electron chi connectivity index (χ3n) is 4.84. The highest BCUT2D eigenvalue weighted by molar-refractivity contribution is 5.87. The van der Waals surface area contributed by atoms with Gasteiger partial charge in [-0.05, 0) is 31.2 Å². The van der Waals surface area contributed by atoms with Crippen LogP contribution in [0.2, 0.25) is 0 Å². The fourth-order valence-electron chi connectivity index (χ4n) is 3.49. The van der Waals surface area contributed by atoms with Crippen LogP contribution in [-0.2, 0) is 16.0 Å². The Hall–Kier alpha value is -2.63. The van der Waals surface area contributed by atoms with Crippen LogP contribution in [0.1, 0.15) is 44.2 Å². The van der Waals surface area contributed by atoms with Crippen LogP contribution in [-0.4, -0.2) is 39.6 Å². The molecule has 26 heavy (non-hydrogen) atoms. The maximum Gasteiger partial charge on any atom is 0.222 e. The first-order valence-corrected chi connectivity index (χ1v) is 9.26. The van der Waals surface area contributed by atoms with Gasteiger partial charge >= 0.3 is 0 Å². The van der Waals surface area contributed by atoms with Crippen LogP contribution in [0.5, 0.6) is 0 Å². The molecule has 0 spiro atoms. The number of nitrogens with zero attached hydrogens (tertiary/aromatic N) is 3. The first kappa shape index (κ1) is 18.2. The van der Waals surface area contributed by atoms with Gasteiger partial charge in [0, 0.05) is 32.5 Å². The predicted octanol–water partition coefficient (Wildman–Crippen LogP) is 3.03. The molecule has 2 amide bonds. The molecule has 138 valence electrons. The fourth-order valence-corrected chi connectivity index (χ4v) is 3.49. The number of nitrogens with one attached hydrogen (secondary N) is 1. The third kappa shape index (κ3) is 4.71. The van der Waals surface area contributed by atoms with Crippen molar-refractivity contribution in [2.45, 2.75) is 45.1 Å². The molecule has 1 aromatic heterocycles. The van der Waals surface area contributed by atoms with E-state index in [-0.39, 0.29) is 17.9 Å². The molecule has 6 nitrogen and oxygen atoms in total. The molecule has 1 N–H and O–H groups in total. The summed E-state index contributed by atoms with van der Waals surface area (Å²) in [6, 6.07) is 12.3. The van der Waals surface area contributed by atoms with E-state index in [4.69, 9.17) is 0 Å². The van der Waals surface area contributed by atoms with Gasteiger partial charge in [0.2, 0.25) is 11.8 Å². The molecule has 0 atom stereocenters. The normalized spacial score (nSPS) is 15.0. The Morgan fingerprint density at radius 3 is 2.58 bits per heavy atom. The van der Waals surface area contributed by atoms with Crippen LogP contribution in [0.25, 0.3) is 0 Å². The van der Waals surface area contributed by atoms with Crippen LogP contribution < -0.4 is 5.32 Å². The molecule has 1 saturated heterocycles. The summed E-state index contributed by atoms with van der Waals surface area (Å²) in [5, 5.41) is 7.15. The number of aromatic nitrogens is 2. The Kier molecular flexibility index (Phi) is 6.04. The predicted molar refractivity (Wildman–Crippen MR) is 101 cm³/mol. The first-order chi connectivity index (χ1) is 12.6. The number of hydrogen-bond donors (Lipinski definition) is 1. The zero-order valence-corrected chi connectivity index (χ0v) is 15.2. The zero-order chi connectivity index (χ0) is 18.4. The lowest BCUT2D eigenvalue weighted by molar-refractivity contribution is -0.132. The second-order valence-electron chi connectivity index (χ2n) is 6.79. The lowest BCUT2D eigenvalue weighted by Crippen LogP contribution is -2.39. The Balaban J connectivity index is 1.45. The van der Waals surface area contributed by atoms with E-state index in [9.17, 15) is 9.59 Å². The van der Waals surface area contributed by atoms with Gasteiger partial charge in [-0.15, -0.1) is 0 Å². The van der Waals surface area contributed by atoms with Crippen LogP contribution >= 0.6 is 0 Å². The van der Waals surface area contributed by atoms with Crippen molar-refractivity contribution in [3.8, 4) is 0 Å². The lowest BCUT2D eigenvalue weighted by Gasteiger charge is -2.32. The van der Waals surface area contributed by atoms with Crippen LogP contribution in [0.15, 0.2) is 42.6 Å². The van der Waals surface area contributed by atoms with Crippen molar-refractivity contribution >= 4 is 17.6 Å². The van der Waals surface area contributed by atoms with Gasteiger partial charge in [-0.1, -0.05) is 30.3 Å². The first-order valence-electron chi connectivity index (χ1n) is 9.26. The number of amides is 2. The summed E-state index contributed by atoms with van der Waals surface area (Å²) in [6.07, 6.45) is 5.84. The number of anilines is 1. The average Bonchev–Trinajstić information content (AvgIpc) is 3.10. The molecule has 0 saturated carbocycles. The maximum atomic E-state index is 12.4. The van der Waals surface area contributed by atoms with Gasteiger partial charge in [0.15, 0.2) is 0 Å². The van der Waals surface area contributed by atoms with E-state index in [1.165, 1.54) is 12.5 Å². The number of hydrogen-bond acceptors (Lipinski definition) is 3. The van der Waals surface area contributed by atoms with Crippen molar-refractivity contribution in [3.05, 3.63) is 48.2 Å². The molecule has 0 aliphatic carbocycles. The Morgan fingerprint density at radius 1 is 1.15 bits per heavy atom. The van der Waals surface area contributed by atoms with Crippen LogP contribution in [0.4, 0.5) is 5.82 Å². The third-order valence-corrected chi connectivity index (χ3v) is 4.84. The maximum absolute atomic E-state index is 12.4. The Bertz CT molecular complexity index is 733. The minimum atomic E-state index is -0.0993. The molecular formula is C20H26N4O2. The highest BCUT2D eigenvalue weighted by Crippen LogP contribution is 2.25. The van der Waals surface area contributed by atoms with Crippen molar-refractivity contribution in [1.82, 2.24) is 14.7 Å². The van der Waals surface area contributed by atoms with Gasteiger partial charge in [-0.25, -0.2) is 4.68 Å². The summed E-state index contributed by atoms with van der Waals surface area (Å²) in [4.78, 5) is 25.7. The Labute approximate surface area is 154 Å². The molecule has 3 rings (SSSR count). The van der Waals surface area contributed by atoms with Gasteiger partial charge in [0.25, 0.3) is 0 Å². The summed E-state index contributed by atoms with van der Waals surface area (Å²) in [6.45, 7) is 2.98. The molecule has 1 aromatic carbocycles. The molecule has 6 heteroatoms. The van der Waals surface area contributed by atoms with Crippen LogP contribution in [0, 0.1) is 0 Å². The summed E-state index contributed by atoms with van der Waals surface area (Å²) in [7, 11) is 0. The van der Waals surface area contributed by atoms with E-state index in [2.05, 4.69) is 22.5 Å². The molecule has 1 aliphatic heterocycles. The van der Waals surface area contributed by atoms with Gasteiger partial charge < -0.3 is 10.2 Å². The van der Waals surface area contributed by atoms with Crippen molar-refractivity contribution in [1.29, 1.82) is 0 Å². The molecule has 2 aromatic rings. The molecule has 0 bridgehead atoms. The van der Waals surface area contributed by atoms with Gasteiger partial charge in [0.05, 0.1) is 12.2 Å². The van der Waals surface area contributed by atoms with Gasteiger partial charge in [0.1, 0.15) is 5.82 Å². The quantitative estimate of drug-likeness (QED) is 0.867. The largest absolute Gasteiger partial charge is 0.343 e.